The number of hydrogen-bond acceptors (Lipinski definition) is 3. The zero-order chi connectivity index (χ0) is 16.5. The lowest BCUT2D eigenvalue weighted by molar-refractivity contribution is 0.101. The number of carbonyl (C=O) groups is 1. The van der Waals surface area contributed by atoms with E-state index in [0.29, 0.717) is 12.3 Å². The predicted molar refractivity (Wildman–Crippen MR) is 91.7 cm³/mol. The van der Waals surface area contributed by atoms with E-state index in [-0.39, 0.29) is 5.91 Å². The standard InChI is InChI=1S/C19H17N3O2/c1-2-13-7-3-4-8-14(13)21-19(23)18-16-11-24-17-10-6-5-9-15(17)22(16)12-20-18/h3-10,12H,2,11H2,1H3,(H,21,23). The fourth-order valence-electron chi connectivity index (χ4n) is 2.97. The largest absolute Gasteiger partial charge is 0.485 e. The van der Waals surface area contributed by atoms with Crippen LogP contribution in [0.4, 0.5) is 5.69 Å². The van der Waals surface area contributed by atoms with Gasteiger partial charge in [-0.25, -0.2) is 4.98 Å². The van der Waals surface area contributed by atoms with Crippen LogP contribution in [0.5, 0.6) is 5.75 Å². The first-order valence-corrected chi connectivity index (χ1v) is 7.95. The van der Waals surface area contributed by atoms with E-state index < -0.39 is 0 Å². The molecule has 0 radical (unpaired) electrons. The van der Waals surface area contributed by atoms with E-state index in [9.17, 15) is 4.79 Å². The first kappa shape index (κ1) is 14.5. The highest BCUT2D eigenvalue weighted by Gasteiger charge is 2.24. The minimum Gasteiger partial charge on any atom is -0.485 e. The van der Waals surface area contributed by atoms with Crippen LogP contribution in [0.3, 0.4) is 0 Å². The molecule has 1 N–H and O–H groups in total. The maximum atomic E-state index is 12.7. The average molecular weight is 319 g/mol. The van der Waals surface area contributed by atoms with Gasteiger partial charge in [-0.1, -0.05) is 37.3 Å². The van der Waals surface area contributed by atoms with Crippen molar-refractivity contribution in [2.45, 2.75) is 20.0 Å². The summed E-state index contributed by atoms with van der Waals surface area (Å²) in [7, 11) is 0. The van der Waals surface area contributed by atoms with Crippen LogP contribution in [0.1, 0.15) is 28.7 Å². The number of benzene rings is 2. The molecule has 1 aliphatic rings. The Morgan fingerprint density at radius 1 is 1.21 bits per heavy atom. The van der Waals surface area contributed by atoms with E-state index in [1.54, 1.807) is 6.33 Å². The first-order valence-electron chi connectivity index (χ1n) is 7.95. The van der Waals surface area contributed by atoms with Crippen LogP contribution >= 0.6 is 0 Å². The van der Waals surface area contributed by atoms with Crippen molar-refractivity contribution in [3.05, 3.63) is 71.8 Å². The molecule has 120 valence electrons. The van der Waals surface area contributed by atoms with Gasteiger partial charge >= 0.3 is 0 Å². The molecule has 1 amide bonds. The molecule has 24 heavy (non-hydrogen) atoms. The number of aryl methyl sites for hydroxylation is 1. The summed E-state index contributed by atoms with van der Waals surface area (Å²) in [6.45, 7) is 2.39. The Balaban J connectivity index is 1.67. The van der Waals surface area contributed by atoms with Crippen molar-refractivity contribution in [2.24, 2.45) is 0 Å². The number of fused-ring (bicyclic) bond motifs is 3. The number of amides is 1. The molecule has 2 aromatic carbocycles. The molecule has 3 aromatic rings. The molecule has 5 nitrogen and oxygen atoms in total. The van der Waals surface area contributed by atoms with Crippen molar-refractivity contribution in [1.82, 2.24) is 9.55 Å². The van der Waals surface area contributed by atoms with Gasteiger partial charge in [-0.2, -0.15) is 0 Å². The minimum atomic E-state index is -0.215. The van der Waals surface area contributed by atoms with Crippen LogP contribution in [0.2, 0.25) is 0 Å². The van der Waals surface area contributed by atoms with Crippen LogP contribution in [0, 0.1) is 0 Å². The lowest BCUT2D eigenvalue weighted by Crippen LogP contribution is -2.19. The third kappa shape index (κ3) is 2.34. The van der Waals surface area contributed by atoms with Crippen LogP contribution in [0.15, 0.2) is 54.9 Å². The lowest BCUT2D eigenvalue weighted by Gasteiger charge is -2.20. The Morgan fingerprint density at radius 2 is 2.00 bits per heavy atom. The average Bonchev–Trinajstić information content (AvgIpc) is 3.07. The molecule has 1 aliphatic heterocycles. The summed E-state index contributed by atoms with van der Waals surface area (Å²) < 4.78 is 7.67. The number of nitrogens with zero attached hydrogens (tertiary/aromatic N) is 2. The second-order valence-corrected chi connectivity index (χ2v) is 5.63. The molecule has 0 spiro atoms. The van der Waals surface area contributed by atoms with Crippen molar-refractivity contribution in [2.75, 3.05) is 5.32 Å². The lowest BCUT2D eigenvalue weighted by atomic mass is 10.1. The van der Waals surface area contributed by atoms with Gasteiger partial charge in [-0.05, 0) is 30.2 Å². The number of nitrogens with one attached hydrogen (secondary N) is 1. The van der Waals surface area contributed by atoms with Gasteiger partial charge in [-0.15, -0.1) is 0 Å². The van der Waals surface area contributed by atoms with Crippen molar-refractivity contribution >= 4 is 11.6 Å². The second kappa shape index (κ2) is 5.85. The van der Waals surface area contributed by atoms with Crippen molar-refractivity contribution in [3.63, 3.8) is 0 Å². The monoisotopic (exact) mass is 319 g/mol. The van der Waals surface area contributed by atoms with Gasteiger partial charge in [0.2, 0.25) is 0 Å². The highest BCUT2D eigenvalue weighted by atomic mass is 16.5. The Kier molecular flexibility index (Phi) is 3.54. The molecule has 4 rings (SSSR count). The number of aromatic nitrogens is 2. The molecule has 1 aromatic heterocycles. The fourth-order valence-corrected chi connectivity index (χ4v) is 2.97. The third-order valence-electron chi connectivity index (χ3n) is 4.22. The first-order chi connectivity index (χ1) is 11.8. The minimum absolute atomic E-state index is 0.215. The smallest absolute Gasteiger partial charge is 0.276 e. The van der Waals surface area contributed by atoms with E-state index in [4.69, 9.17) is 4.74 Å². The summed E-state index contributed by atoms with van der Waals surface area (Å²) >= 11 is 0. The topological polar surface area (TPSA) is 56.2 Å². The number of ether oxygens (including phenoxy) is 1. The molecule has 2 heterocycles. The molecule has 0 saturated heterocycles. The SMILES string of the molecule is CCc1ccccc1NC(=O)c1ncn2c1COc1ccccc1-2. The number of imidazole rings is 1. The number of anilines is 1. The van der Waals surface area contributed by atoms with Gasteiger partial charge in [0, 0.05) is 5.69 Å². The van der Waals surface area contributed by atoms with Crippen molar-refractivity contribution in [1.29, 1.82) is 0 Å². The number of rotatable bonds is 3. The molecular formula is C19H17N3O2. The molecule has 0 saturated carbocycles. The maximum absolute atomic E-state index is 12.7. The highest BCUT2D eigenvalue weighted by Crippen LogP contribution is 2.30. The maximum Gasteiger partial charge on any atom is 0.276 e. The van der Waals surface area contributed by atoms with Crippen LogP contribution in [0.25, 0.3) is 5.69 Å². The van der Waals surface area contributed by atoms with Crippen molar-refractivity contribution in [3.8, 4) is 11.4 Å². The van der Waals surface area contributed by atoms with Gasteiger partial charge in [0.15, 0.2) is 5.69 Å². The van der Waals surface area contributed by atoms with Gasteiger partial charge in [0.25, 0.3) is 5.91 Å². The normalized spacial score (nSPS) is 12.0. The molecule has 0 unspecified atom stereocenters. The third-order valence-corrected chi connectivity index (χ3v) is 4.22. The fraction of sp³-hybridized carbons (Fsp3) is 0.158. The Morgan fingerprint density at radius 3 is 2.88 bits per heavy atom. The Labute approximate surface area is 139 Å². The van der Waals surface area contributed by atoms with E-state index in [1.165, 1.54) is 0 Å². The molecular weight excluding hydrogens is 302 g/mol. The van der Waals surface area contributed by atoms with Gasteiger partial charge in [-0.3, -0.25) is 9.36 Å². The zero-order valence-corrected chi connectivity index (χ0v) is 13.3. The van der Waals surface area contributed by atoms with E-state index in [0.717, 1.165) is 34.8 Å². The predicted octanol–water partition coefficient (Wildman–Crippen LogP) is 3.58. The van der Waals surface area contributed by atoms with Gasteiger partial charge < -0.3 is 10.1 Å². The summed E-state index contributed by atoms with van der Waals surface area (Å²) in [6.07, 6.45) is 2.53. The zero-order valence-electron chi connectivity index (χ0n) is 13.3. The molecule has 0 bridgehead atoms. The summed E-state index contributed by atoms with van der Waals surface area (Å²) in [5.41, 5.74) is 3.99. The van der Waals surface area contributed by atoms with Crippen LogP contribution in [-0.2, 0) is 13.0 Å². The van der Waals surface area contributed by atoms with Crippen LogP contribution in [-0.4, -0.2) is 15.5 Å². The van der Waals surface area contributed by atoms with E-state index in [2.05, 4.69) is 17.2 Å². The molecule has 0 aliphatic carbocycles. The van der Waals surface area contributed by atoms with Gasteiger partial charge in [0.1, 0.15) is 18.7 Å². The van der Waals surface area contributed by atoms with Crippen LogP contribution < -0.4 is 10.1 Å². The highest BCUT2D eigenvalue weighted by molar-refractivity contribution is 6.04. The Hall–Kier alpha value is -3.08. The molecule has 0 atom stereocenters. The quantitative estimate of drug-likeness (QED) is 0.803. The summed E-state index contributed by atoms with van der Waals surface area (Å²) in [5, 5.41) is 2.97. The van der Waals surface area contributed by atoms with Crippen molar-refractivity contribution < 1.29 is 9.53 Å². The summed E-state index contributed by atoms with van der Waals surface area (Å²) in [4.78, 5) is 17.0. The summed E-state index contributed by atoms with van der Waals surface area (Å²) in [5.74, 6) is 0.582. The second-order valence-electron chi connectivity index (χ2n) is 5.63. The number of carbonyl (C=O) groups excluding carboxylic acids is 1. The summed E-state index contributed by atoms with van der Waals surface area (Å²) in [6, 6.07) is 15.5. The number of para-hydroxylation sites is 3. The molecule has 5 heteroatoms. The van der Waals surface area contributed by atoms with Gasteiger partial charge in [0.05, 0.1) is 11.4 Å². The molecule has 0 fully saturated rings. The Bertz CT molecular complexity index is 914. The number of hydrogen-bond donors (Lipinski definition) is 1. The van der Waals surface area contributed by atoms with E-state index >= 15 is 0 Å². The van der Waals surface area contributed by atoms with E-state index in [1.807, 2.05) is 53.1 Å².